The Kier molecular flexibility index (Phi) is 11.9. The minimum atomic E-state index is 0. The maximum atomic E-state index is 2.30. The van der Waals surface area contributed by atoms with Crippen LogP contribution in [0.25, 0.3) is 21.2 Å². The number of thiophene rings is 1. The van der Waals surface area contributed by atoms with Crippen LogP contribution in [-0.2, 0) is 32.6 Å². The Hall–Kier alpha value is -0.617. The van der Waals surface area contributed by atoms with Crippen molar-refractivity contribution >= 4 is 35.6 Å². The van der Waals surface area contributed by atoms with Crippen molar-refractivity contribution in [3.63, 3.8) is 0 Å². The zero-order chi connectivity index (χ0) is 18.6. The quantitative estimate of drug-likeness (QED) is 0.346. The molecule has 2 aromatic carbocycles. The summed E-state index contributed by atoms with van der Waals surface area (Å²) in [5, 5.41) is 5.71. The van der Waals surface area contributed by atoms with Crippen LogP contribution in [0.1, 0.15) is 31.6 Å². The molecule has 1 radical (unpaired) electrons. The van der Waals surface area contributed by atoms with Gasteiger partial charge in [-0.1, -0.05) is 71.0 Å². The topological polar surface area (TPSA) is 0 Å². The number of allylic oxidation sites excluding steroid dienone is 6. The fraction of sp³-hybridized carbons (Fsp3) is 0.200. The van der Waals surface area contributed by atoms with Crippen LogP contribution in [0.15, 0.2) is 83.7 Å². The van der Waals surface area contributed by atoms with Crippen molar-refractivity contribution in [2.45, 2.75) is 33.1 Å². The second kappa shape index (κ2) is 13.1. The van der Waals surface area contributed by atoms with Gasteiger partial charge < -0.3 is 24.8 Å². The summed E-state index contributed by atoms with van der Waals surface area (Å²) in [6.07, 6.45) is 12.4. The first-order valence-electron chi connectivity index (χ1n) is 9.69. The average Bonchev–Trinajstić information content (AvgIpc) is 3.44. The molecule has 0 saturated carbocycles. The molecular formula is C25H24Cl2PSZr. The van der Waals surface area contributed by atoms with Gasteiger partial charge in [0.2, 0.25) is 0 Å². The monoisotopic (exact) mass is 547 g/mol. The molecule has 5 heteroatoms. The second-order valence-electron chi connectivity index (χ2n) is 6.86. The maximum Gasteiger partial charge on any atom is 3.00 e. The van der Waals surface area contributed by atoms with Crippen molar-refractivity contribution in [3.05, 3.63) is 88.6 Å². The first kappa shape index (κ1) is 27.4. The van der Waals surface area contributed by atoms with E-state index in [1.54, 1.807) is 5.29 Å². The van der Waals surface area contributed by atoms with Gasteiger partial charge in [0.25, 0.3) is 0 Å². The van der Waals surface area contributed by atoms with Crippen molar-refractivity contribution in [3.8, 4) is 10.4 Å². The Morgan fingerprint density at radius 3 is 2.53 bits per heavy atom. The van der Waals surface area contributed by atoms with E-state index >= 15 is 0 Å². The van der Waals surface area contributed by atoms with Crippen molar-refractivity contribution in [2.24, 2.45) is 0 Å². The summed E-state index contributed by atoms with van der Waals surface area (Å²) < 4.78 is 0. The normalized spacial score (nSPS) is 13.6. The molecule has 0 nitrogen and oxygen atoms in total. The standard InChI is InChI=1S/C16H15S.C9H9P.2ClH.Zr/c1-2-5-15-8-9-16(17-15)14-10-12-6-3-4-7-13(12)11-14;1-2-8-6-7-4-3-5-9(7)10-8;;;/h3-4,6-11H,2,5H2,1H3;3-6H,2H2,1H3;2*1H;/q-1;;;;+3/p-2. The number of benzene rings is 1. The first-order chi connectivity index (χ1) is 13.3. The average molecular weight is 550 g/mol. The van der Waals surface area contributed by atoms with Gasteiger partial charge in [-0.2, -0.15) is 11.3 Å². The molecule has 2 aliphatic rings. The fourth-order valence-electron chi connectivity index (χ4n) is 3.40. The molecule has 30 heavy (non-hydrogen) atoms. The molecule has 1 aliphatic carbocycles. The van der Waals surface area contributed by atoms with Crippen molar-refractivity contribution in [1.29, 1.82) is 0 Å². The van der Waals surface area contributed by atoms with Crippen molar-refractivity contribution in [1.82, 2.24) is 0 Å². The molecular weight excluding hydrogens is 525 g/mol. The predicted octanol–water partition coefficient (Wildman–Crippen LogP) is 2.15. The zero-order valence-electron chi connectivity index (χ0n) is 17.2. The Morgan fingerprint density at radius 2 is 1.83 bits per heavy atom. The van der Waals surface area contributed by atoms with E-state index in [1.807, 2.05) is 11.3 Å². The zero-order valence-corrected chi connectivity index (χ0v) is 22.8. The Bertz CT molecular complexity index is 1050. The molecule has 0 unspecified atom stereocenters. The van der Waals surface area contributed by atoms with E-state index in [-0.39, 0.29) is 51.0 Å². The van der Waals surface area contributed by atoms with Gasteiger partial charge in [0, 0.05) is 5.31 Å². The third-order valence-electron chi connectivity index (χ3n) is 4.83. The summed E-state index contributed by atoms with van der Waals surface area (Å²) in [6.45, 7) is 4.45. The molecule has 153 valence electrons. The largest absolute Gasteiger partial charge is 3.00 e. The predicted molar refractivity (Wildman–Crippen MR) is 124 cm³/mol. The molecule has 0 amide bonds. The van der Waals surface area contributed by atoms with Crippen LogP contribution in [0, 0.1) is 0 Å². The van der Waals surface area contributed by atoms with E-state index in [0.717, 1.165) is 0 Å². The molecule has 5 rings (SSSR count). The van der Waals surface area contributed by atoms with Crippen molar-refractivity contribution < 1.29 is 51.0 Å². The molecule has 0 bridgehead atoms. The summed E-state index contributed by atoms with van der Waals surface area (Å²) in [5.41, 5.74) is 2.79. The number of fused-ring (bicyclic) bond motifs is 2. The number of aryl methyl sites for hydroxylation is 1. The molecule has 1 aliphatic heterocycles. The van der Waals surface area contributed by atoms with Gasteiger partial charge in [0.15, 0.2) is 0 Å². The summed E-state index contributed by atoms with van der Waals surface area (Å²) in [7, 11) is 1.43. The van der Waals surface area contributed by atoms with Gasteiger partial charge in [0.1, 0.15) is 0 Å². The maximum absolute atomic E-state index is 2.30. The minimum Gasteiger partial charge on any atom is -1.00 e. The van der Waals surface area contributed by atoms with E-state index in [1.165, 1.54) is 64.4 Å². The van der Waals surface area contributed by atoms with Gasteiger partial charge in [-0.3, -0.25) is 0 Å². The molecule has 0 saturated heterocycles. The van der Waals surface area contributed by atoms with E-state index in [4.69, 9.17) is 0 Å². The van der Waals surface area contributed by atoms with Crippen LogP contribution in [0.4, 0.5) is 0 Å². The minimum absolute atomic E-state index is 0. The summed E-state index contributed by atoms with van der Waals surface area (Å²) >= 11 is 1.93. The molecule has 3 aromatic rings. The number of hydrogen-bond acceptors (Lipinski definition) is 1. The third-order valence-corrected chi connectivity index (χ3v) is 7.41. The fourth-order valence-corrected chi connectivity index (χ4v) is 5.60. The SMILES string of the molecule is CCC1=PC2=CC=CC2=C1.CCCc1ccc(-c2cc3ccccc3[cH-]2)s1.[Cl-].[Cl-].[Zr+3]. The van der Waals surface area contributed by atoms with Gasteiger partial charge in [-0.25, -0.2) is 0 Å². The van der Waals surface area contributed by atoms with Gasteiger partial charge in [-0.15, -0.1) is 34.5 Å². The van der Waals surface area contributed by atoms with E-state index in [2.05, 4.69) is 86.7 Å². The Morgan fingerprint density at radius 1 is 1.03 bits per heavy atom. The molecule has 0 spiro atoms. The van der Waals surface area contributed by atoms with Crippen LogP contribution in [0.3, 0.4) is 0 Å². The third kappa shape index (κ3) is 6.44. The van der Waals surface area contributed by atoms with E-state index in [0.29, 0.717) is 0 Å². The molecule has 0 atom stereocenters. The van der Waals surface area contributed by atoms with Crippen LogP contribution in [-0.4, -0.2) is 5.29 Å². The Labute approximate surface area is 217 Å². The second-order valence-corrected chi connectivity index (χ2v) is 9.30. The van der Waals surface area contributed by atoms with E-state index < -0.39 is 0 Å². The van der Waals surface area contributed by atoms with E-state index in [9.17, 15) is 0 Å². The molecule has 1 aromatic heterocycles. The molecule has 0 fully saturated rings. The smallest absolute Gasteiger partial charge is 1.00 e. The molecule has 2 heterocycles. The van der Waals surface area contributed by atoms with Crippen LogP contribution in [0.2, 0.25) is 0 Å². The molecule has 0 N–H and O–H groups in total. The Balaban J connectivity index is 0.000000302. The van der Waals surface area contributed by atoms with Gasteiger partial charge in [-0.05, 0) is 45.6 Å². The number of halogens is 2. The van der Waals surface area contributed by atoms with Crippen LogP contribution >= 0.6 is 19.5 Å². The van der Waals surface area contributed by atoms with Gasteiger partial charge >= 0.3 is 26.2 Å². The number of rotatable bonds is 4. The number of hydrogen-bond donors (Lipinski definition) is 0. The van der Waals surface area contributed by atoms with Crippen LogP contribution < -0.4 is 24.8 Å². The first-order valence-corrected chi connectivity index (χ1v) is 11.4. The van der Waals surface area contributed by atoms with Crippen LogP contribution in [0.5, 0.6) is 0 Å². The van der Waals surface area contributed by atoms with Crippen molar-refractivity contribution in [2.75, 3.05) is 0 Å². The summed E-state index contributed by atoms with van der Waals surface area (Å²) in [6, 6.07) is 17.7. The van der Waals surface area contributed by atoms with Gasteiger partial charge in [0.05, 0.1) is 0 Å². The summed E-state index contributed by atoms with van der Waals surface area (Å²) in [5.74, 6) is 0. The summed E-state index contributed by atoms with van der Waals surface area (Å²) in [4.78, 5) is 2.89.